The number of carbonyl (C=O) groups excluding carboxylic acids is 1. The van der Waals surface area contributed by atoms with E-state index in [1.807, 2.05) is 0 Å². The number of alkyl halides is 5. The number of hydrogen-bond acceptors (Lipinski definition) is 4. The molecule has 1 N–H and O–H groups in total. The Bertz CT molecular complexity index is 1180. The lowest BCUT2D eigenvalue weighted by Crippen LogP contribution is -2.11. The number of benzene rings is 1. The fraction of sp³-hybridized carbons (Fsp3) is 0.105. The number of Topliss-reactive ketones (excluding diaryl/α,β-unsaturated/α-hetero) is 1. The highest BCUT2D eigenvalue weighted by Crippen LogP contribution is 2.35. The molecule has 3 rings (SSSR count). The molecule has 11 heteroatoms. The van der Waals surface area contributed by atoms with Crippen LogP contribution in [0.2, 0.25) is 0 Å². The third-order valence-corrected chi connectivity index (χ3v) is 4.10. The lowest BCUT2D eigenvalue weighted by Gasteiger charge is -2.12. The Labute approximate surface area is 163 Å². The van der Waals surface area contributed by atoms with Gasteiger partial charge in [-0.2, -0.15) is 13.2 Å². The number of halogens is 6. The summed E-state index contributed by atoms with van der Waals surface area (Å²) in [7, 11) is 0. The van der Waals surface area contributed by atoms with Gasteiger partial charge in [0.05, 0.1) is 23.0 Å². The number of aromatic nitrogens is 1. The number of ketones is 1. The topological polar surface area (TPSA) is 80.4 Å². The molecule has 0 aliphatic rings. The van der Waals surface area contributed by atoms with Crippen molar-refractivity contribution >= 4 is 28.3 Å². The molecule has 0 fully saturated rings. The monoisotopic (exact) mass is 429 g/mol. The van der Waals surface area contributed by atoms with E-state index in [2.05, 4.69) is 4.98 Å². The number of fused-ring (bicyclic) bond motifs is 1. The second kappa shape index (κ2) is 7.65. The zero-order valence-electron chi connectivity index (χ0n) is 14.5. The van der Waals surface area contributed by atoms with E-state index in [1.165, 1.54) is 0 Å². The van der Waals surface area contributed by atoms with Gasteiger partial charge in [-0.15, -0.1) is 0 Å². The van der Waals surface area contributed by atoms with E-state index < -0.39 is 58.1 Å². The summed E-state index contributed by atoms with van der Waals surface area (Å²) in [6, 6.07) is 3.62. The van der Waals surface area contributed by atoms with Gasteiger partial charge in [0, 0.05) is 11.6 Å². The van der Waals surface area contributed by atoms with Gasteiger partial charge >= 0.3 is 12.1 Å². The molecule has 0 bridgehead atoms. The van der Waals surface area contributed by atoms with Crippen LogP contribution in [0.5, 0.6) is 0 Å². The molecule has 0 spiro atoms. The number of rotatable bonds is 5. The van der Waals surface area contributed by atoms with E-state index >= 15 is 0 Å². The number of aromatic carboxylic acids is 1. The SMILES string of the molecule is O=C(/C(F)=C(\c1cccc(C(F)(F)F)c1)C(F)F)c1cnc(C(=O)O)c2occc12. The van der Waals surface area contributed by atoms with Crippen LogP contribution in [0.3, 0.4) is 0 Å². The maximum absolute atomic E-state index is 14.8. The molecule has 2 heterocycles. The summed E-state index contributed by atoms with van der Waals surface area (Å²) in [5.74, 6) is -5.13. The first-order valence-corrected chi connectivity index (χ1v) is 8.02. The highest BCUT2D eigenvalue weighted by molar-refractivity contribution is 6.18. The van der Waals surface area contributed by atoms with E-state index in [0.29, 0.717) is 18.3 Å². The number of carboxylic acids is 1. The van der Waals surface area contributed by atoms with Gasteiger partial charge in [-0.3, -0.25) is 4.79 Å². The standard InChI is InChI=1S/C19H9F6NO4/c20-13(12(17(21)22)8-2-1-3-9(6-8)19(23,24)25)15(27)11-7-26-14(18(28)29)16-10(11)4-5-30-16/h1-7,17H,(H,28,29)/b13-12-. The number of hydrogen-bond donors (Lipinski definition) is 1. The zero-order chi connectivity index (χ0) is 22.2. The normalized spacial score (nSPS) is 12.9. The summed E-state index contributed by atoms with van der Waals surface area (Å²) in [4.78, 5) is 27.1. The van der Waals surface area contributed by atoms with Gasteiger partial charge < -0.3 is 9.52 Å². The number of carboxylic acid groups (broad SMARTS) is 1. The maximum Gasteiger partial charge on any atom is 0.416 e. The van der Waals surface area contributed by atoms with Crippen LogP contribution in [0.1, 0.15) is 32.0 Å². The molecule has 0 saturated carbocycles. The van der Waals surface area contributed by atoms with Crippen molar-refractivity contribution in [1.29, 1.82) is 0 Å². The minimum Gasteiger partial charge on any atom is -0.476 e. The average molecular weight is 429 g/mol. The number of furan rings is 1. The summed E-state index contributed by atoms with van der Waals surface area (Å²) in [5.41, 5.74) is -5.24. The predicted molar refractivity (Wildman–Crippen MR) is 90.8 cm³/mol. The second-order valence-electron chi connectivity index (χ2n) is 5.93. The van der Waals surface area contributed by atoms with Gasteiger partial charge in [-0.1, -0.05) is 12.1 Å². The zero-order valence-corrected chi connectivity index (χ0v) is 14.5. The Balaban J connectivity index is 2.17. The van der Waals surface area contributed by atoms with Gasteiger partial charge in [0.25, 0.3) is 6.43 Å². The molecule has 156 valence electrons. The number of nitrogens with zero attached hydrogens (tertiary/aromatic N) is 1. The molecule has 0 amide bonds. The Morgan fingerprint density at radius 1 is 1.13 bits per heavy atom. The van der Waals surface area contributed by atoms with Crippen LogP contribution in [-0.4, -0.2) is 28.3 Å². The maximum atomic E-state index is 14.8. The minimum absolute atomic E-state index is 0.208. The smallest absolute Gasteiger partial charge is 0.416 e. The molecule has 0 unspecified atom stereocenters. The van der Waals surface area contributed by atoms with Gasteiger partial charge in [0.2, 0.25) is 5.78 Å². The van der Waals surface area contributed by atoms with Crippen molar-refractivity contribution in [2.24, 2.45) is 0 Å². The van der Waals surface area contributed by atoms with Crippen LogP contribution in [0.15, 0.2) is 53.0 Å². The third kappa shape index (κ3) is 3.78. The van der Waals surface area contributed by atoms with E-state index in [-0.39, 0.29) is 11.0 Å². The van der Waals surface area contributed by atoms with E-state index in [4.69, 9.17) is 9.52 Å². The number of allylic oxidation sites excluding steroid dienone is 2. The first kappa shape index (κ1) is 21.1. The van der Waals surface area contributed by atoms with Crippen LogP contribution in [0, 0.1) is 0 Å². The van der Waals surface area contributed by atoms with Gasteiger partial charge in [-0.05, 0) is 23.8 Å². The van der Waals surface area contributed by atoms with E-state index in [9.17, 15) is 35.9 Å². The molecule has 3 aromatic rings. The molecule has 30 heavy (non-hydrogen) atoms. The first-order valence-electron chi connectivity index (χ1n) is 8.02. The molecule has 5 nitrogen and oxygen atoms in total. The summed E-state index contributed by atoms with van der Waals surface area (Å²) < 4.78 is 85.4. The fourth-order valence-corrected chi connectivity index (χ4v) is 2.75. The van der Waals surface area contributed by atoms with Crippen LogP contribution in [0.4, 0.5) is 26.3 Å². The number of carbonyl (C=O) groups is 2. The lowest BCUT2D eigenvalue weighted by molar-refractivity contribution is -0.137. The number of pyridine rings is 1. The second-order valence-corrected chi connectivity index (χ2v) is 5.93. The van der Waals surface area contributed by atoms with Crippen molar-refractivity contribution in [3.8, 4) is 0 Å². The van der Waals surface area contributed by atoms with Crippen LogP contribution >= 0.6 is 0 Å². The molecule has 1 aromatic carbocycles. The van der Waals surface area contributed by atoms with Crippen LogP contribution < -0.4 is 0 Å². The summed E-state index contributed by atoms with van der Waals surface area (Å²) in [5, 5.41) is 8.85. The summed E-state index contributed by atoms with van der Waals surface area (Å²) in [6.07, 6.45) is -6.84. The molecule has 2 aromatic heterocycles. The molecular weight excluding hydrogens is 420 g/mol. The van der Waals surface area contributed by atoms with Crippen molar-refractivity contribution < 1.29 is 45.5 Å². The van der Waals surface area contributed by atoms with Gasteiger partial charge in [0.1, 0.15) is 0 Å². The van der Waals surface area contributed by atoms with Crippen molar-refractivity contribution in [2.75, 3.05) is 0 Å². The third-order valence-electron chi connectivity index (χ3n) is 4.10. The molecule has 0 aliphatic heterocycles. The summed E-state index contributed by atoms with van der Waals surface area (Å²) in [6.45, 7) is 0. The predicted octanol–water partition coefficient (Wildman–Crippen LogP) is 5.37. The van der Waals surface area contributed by atoms with Crippen LogP contribution in [-0.2, 0) is 6.18 Å². The van der Waals surface area contributed by atoms with Gasteiger partial charge in [0.15, 0.2) is 17.1 Å². The van der Waals surface area contributed by atoms with Crippen molar-refractivity contribution in [1.82, 2.24) is 4.98 Å². The van der Waals surface area contributed by atoms with Gasteiger partial charge in [-0.25, -0.2) is 22.9 Å². The van der Waals surface area contributed by atoms with E-state index in [1.54, 1.807) is 0 Å². The lowest BCUT2D eigenvalue weighted by atomic mass is 9.98. The Morgan fingerprint density at radius 2 is 1.83 bits per heavy atom. The van der Waals surface area contributed by atoms with Crippen molar-refractivity contribution in [2.45, 2.75) is 12.6 Å². The Hall–Kier alpha value is -3.63. The van der Waals surface area contributed by atoms with Crippen molar-refractivity contribution in [3.63, 3.8) is 0 Å². The highest BCUT2D eigenvalue weighted by Gasteiger charge is 2.33. The first-order chi connectivity index (χ1) is 14.0. The molecule has 0 radical (unpaired) electrons. The largest absolute Gasteiger partial charge is 0.476 e. The molecule has 0 atom stereocenters. The minimum atomic E-state index is -4.87. The molecular formula is C19H9F6NO4. The highest BCUT2D eigenvalue weighted by atomic mass is 19.4. The van der Waals surface area contributed by atoms with E-state index in [0.717, 1.165) is 24.5 Å². The Morgan fingerprint density at radius 3 is 2.43 bits per heavy atom. The summed E-state index contributed by atoms with van der Waals surface area (Å²) >= 11 is 0. The molecule has 0 aliphatic carbocycles. The molecule has 0 saturated heterocycles. The fourth-order valence-electron chi connectivity index (χ4n) is 2.75. The Kier molecular flexibility index (Phi) is 5.38. The quantitative estimate of drug-likeness (QED) is 0.335. The van der Waals surface area contributed by atoms with Crippen LogP contribution in [0.25, 0.3) is 16.5 Å². The van der Waals surface area contributed by atoms with Crippen molar-refractivity contribution in [3.05, 3.63) is 71.0 Å². The average Bonchev–Trinajstić information content (AvgIpc) is 3.15.